The number of rotatable bonds is 6. The van der Waals surface area contributed by atoms with Crippen molar-refractivity contribution in [3.63, 3.8) is 0 Å². The molecule has 1 amide bonds. The van der Waals surface area contributed by atoms with Gasteiger partial charge in [-0.1, -0.05) is 17.4 Å². The molecule has 0 bridgehead atoms. The first-order valence-electron chi connectivity index (χ1n) is 9.51. The number of nitrogens with one attached hydrogen (secondary N) is 1. The van der Waals surface area contributed by atoms with E-state index in [-0.39, 0.29) is 17.9 Å². The number of hydrogen-bond acceptors (Lipinski definition) is 7. The van der Waals surface area contributed by atoms with Crippen molar-refractivity contribution >= 4 is 44.8 Å². The molecule has 3 aromatic carbocycles. The molecule has 0 atom stereocenters. The van der Waals surface area contributed by atoms with Gasteiger partial charge in [-0.25, -0.2) is 19.6 Å². The summed E-state index contributed by atoms with van der Waals surface area (Å²) in [6.45, 7) is 0. The Balaban J connectivity index is 1.29. The fraction of sp³-hybridized carbons (Fsp3) is 0.0435. The Morgan fingerprint density at radius 2 is 1.84 bits per heavy atom. The molecule has 0 unspecified atom stereocenters. The molecular formula is C23H17FN4O3S. The molecule has 0 fully saturated rings. The number of thiazole rings is 1. The van der Waals surface area contributed by atoms with Crippen LogP contribution in [0.15, 0.2) is 71.8 Å². The van der Waals surface area contributed by atoms with Crippen molar-refractivity contribution in [2.24, 2.45) is 5.10 Å². The number of anilines is 1. The van der Waals surface area contributed by atoms with Gasteiger partial charge in [-0.05, 0) is 71.8 Å². The van der Waals surface area contributed by atoms with Crippen LogP contribution in [0.5, 0.6) is 5.75 Å². The molecule has 32 heavy (non-hydrogen) atoms. The van der Waals surface area contributed by atoms with Gasteiger partial charge in [0, 0.05) is 0 Å². The number of nitrogen functional groups attached to an aromatic ring is 1. The summed E-state index contributed by atoms with van der Waals surface area (Å²) in [4.78, 5) is 28.4. The summed E-state index contributed by atoms with van der Waals surface area (Å²) in [6.07, 6.45) is 1.65. The van der Waals surface area contributed by atoms with E-state index in [9.17, 15) is 14.0 Å². The summed E-state index contributed by atoms with van der Waals surface area (Å²) < 4.78 is 19.1. The molecule has 4 rings (SSSR count). The van der Waals surface area contributed by atoms with Crippen molar-refractivity contribution in [3.8, 4) is 5.75 Å². The van der Waals surface area contributed by atoms with E-state index in [0.717, 1.165) is 15.8 Å². The lowest BCUT2D eigenvalue weighted by atomic mass is 10.1. The van der Waals surface area contributed by atoms with Gasteiger partial charge in [0.15, 0.2) is 5.13 Å². The van der Waals surface area contributed by atoms with Crippen molar-refractivity contribution in [3.05, 3.63) is 89.2 Å². The normalized spacial score (nSPS) is 11.0. The maximum atomic E-state index is 12.9. The van der Waals surface area contributed by atoms with Crippen LogP contribution in [0, 0.1) is 5.82 Å². The Labute approximate surface area is 186 Å². The molecule has 0 aliphatic carbocycles. The minimum Gasteiger partial charge on any atom is -0.423 e. The first kappa shape index (κ1) is 21.1. The highest BCUT2D eigenvalue weighted by molar-refractivity contribution is 7.22. The monoisotopic (exact) mass is 448 g/mol. The maximum absolute atomic E-state index is 12.9. The van der Waals surface area contributed by atoms with E-state index < -0.39 is 11.8 Å². The summed E-state index contributed by atoms with van der Waals surface area (Å²) in [5.74, 6) is -0.941. The molecule has 9 heteroatoms. The highest BCUT2D eigenvalue weighted by Crippen LogP contribution is 2.24. The molecule has 7 nitrogen and oxygen atoms in total. The number of fused-ring (bicyclic) bond motifs is 1. The van der Waals surface area contributed by atoms with E-state index in [1.54, 1.807) is 24.3 Å². The minimum atomic E-state index is -0.585. The average Bonchev–Trinajstić information content (AvgIpc) is 3.14. The quantitative estimate of drug-likeness (QED) is 0.201. The first-order chi connectivity index (χ1) is 15.5. The van der Waals surface area contributed by atoms with Crippen LogP contribution in [-0.2, 0) is 11.2 Å². The van der Waals surface area contributed by atoms with Crippen molar-refractivity contribution in [2.75, 3.05) is 5.73 Å². The fourth-order valence-electron chi connectivity index (χ4n) is 2.87. The molecule has 160 valence electrons. The smallest absolute Gasteiger partial charge is 0.343 e. The van der Waals surface area contributed by atoms with Gasteiger partial charge in [-0.3, -0.25) is 4.79 Å². The van der Waals surface area contributed by atoms with Gasteiger partial charge in [0.2, 0.25) is 5.91 Å². The second-order valence-corrected chi connectivity index (χ2v) is 7.85. The van der Waals surface area contributed by atoms with Crippen LogP contribution in [0.4, 0.5) is 9.52 Å². The van der Waals surface area contributed by atoms with E-state index in [2.05, 4.69) is 15.5 Å². The third kappa shape index (κ3) is 5.32. The predicted molar refractivity (Wildman–Crippen MR) is 121 cm³/mol. The van der Waals surface area contributed by atoms with Crippen molar-refractivity contribution < 1.29 is 18.7 Å². The van der Waals surface area contributed by atoms with E-state index >= 15 is 0 Å². The van der Waals surface area contributed by atoms with Gasteiger partial charge < -0.3 is 10.5 Å². The van der Waals surface area contributed by atoms with E-state index in [1.807, 2.05) is 18.2 Å². The lowest BCUT2D eigenvalue weighted by molar-refractivity contribution is -0.120. The number of hydrazone groups is 1. The number of carbonyl (C=O) groups excluding carboxylic acids is 2. The summed E-state index contributed by atoms with van der Waals surface area (Å²) in [5, 5.41) is 4.44. The number of aromatic nitrogens is 1. The third-order valence-electron chi connectivity index (χ3n) is 4.41. The molecular weight excluding hydrogens is 431 g/mol. The Morgan fingerprint density at radius 1 is 1.09 bits per heavy atom. The van der Waals surface area contributed by atoms with Gasteiger partial charge in [0.1, 0.15) is 11.6 Å². The maximum Gasteiger partial charge on any atom is 0.343 e. The Morgan fingerprint density at radius 3 is 2.59 bits per heavy atom. The number of nitrogens with two attached hydrogens (primary N) is 1. The molecule has 0 aliphatic heterocycles. The SMILES string of the molecule is Nc1nc2ccc(CC(=O)N/N=C\c3ccc(OC(=O)c4ccc(F)cc4)cc3)cc2s1. The lowest BCUT2D eigenvalue weighted by Crippen LogP contribution is -2.19. The fourth-order valence-corrected chi connectivity index (χ4v) is 3.67. The molecule has 0 aliphatic rings. The molecule has 0 saturated heterocycles. The standard InChI is InChI=1S/C23H17FN4O3S/c24-17-6-4-16(5-7-17)22(30)31-18-8-1-14(2-9-18)13-26-28-21(29)12-15-3-10-19-20(11-15)32-23(25)27-19/h1-11,13H,12H2,(H2,25,27)(H,28,29)/b26-13-. The van der Waals surface area contributed by atoms with Crippen LogP contribution in [0.1, 0.15) is 21.5 Å². The summed E-state index contributed by atoms with van der Waals surface area (Å²) in [5.41, 5.74) is 10.8. The van der Waals surface area contributed by atoms with Gasteiger partial charge in [0.05, 0.1) is 28.4 Å². The first-order valence-corrected chi connectivity index (χ1v) is 10.3. The second-order valence-electron chi connectivity index (χ2n) is 6.79. The van der Waals surface area contributed by atoms with Crippen LogP contribution < -0.4 is 15.9 Å². The molecule has 3 N–H and O–H groups in total. The highest BCUT2D eigenvalue weighted by Gasteiger charge is 2.09. The lowest BCUT2D eigenvalue weighted by Gasteiger charge is -2.04. The zero-order chi connectivity index (χ0) is 22.5. The van der Waals surface area contributed by atoms with Crippen LogP contribution in [0.25, 0.3) is 10.2 Å². The van der Waals surface area contributed by atoms with Gasteiger partial charge in [0.25, 0.3) is 0 Å². The van der Waals surface area contributed by atoms with Gasteiger partial charge >= 0.3 is 5.97 Å². The summed E-state index contributed by atoms with van der Waals surface area (Å²) >= 11 is 1.37. The molecule has 0 saturated carbocycles. The molecule has 0 radical (unpaired) electrons. The van der Waals surface area contributed by atoms with Crippen LogP contribution >= 0.6 is 11.3 Å². The number of benzene rings is 3. The van der Waals surface area contributed by atoms with E-state index in [1.165, 1.54) is 41.8 Å². The number of nitrogens with zero attached hydrogens (tertiary/aromatic N) is 2. The van der Waals surface area contributed by atoms with Gasteiger partial charge in [-0.15, -0.1) is 0 Å². The molecule has 1 aromatic heterocycles. The van der Waals surface area contributed by atoms with Crippen molar-refractivity contribution in [1.82, 2.24) is 10.4 Å². The molecule has 0 spiro atoms. The summed E-state index contributed by atoms with van der Waals surface area (Å²) in [7, 11) is 0. The van der Waals surface area contributed by atoms with Crippen LogP contribution in [0.3, 0.4) is 0 Å². The minimum absolute atomic E-state index is 0.170. The largest absolute Gasteiger partial charge is 0.423 e. The Bertz CT molecular complexity index is 1300. The third-order valence-corrected chi connectivity index (χ3v) is 5.25. The van der Waals surface area contributed by atoms with Crippen LogP contribution in [-0.4, -0.2) is 23.1 Å². The zero-order valence-electron chi connectivity index (χ0n) is 16.6. The second kappa shape index (κ2) is 9.36. The van der Waals surface area contributed by atoms with Crippen molar-refractivity contribution in [2.45, 2.75) is 6.42 Å². The number of amides is 1. The van der Waals surface area contributed by atoms with E-state index in [4.69, 9.17) is 10.5 Å². The number of esters is 1. The average molecular weight is 448 g/mol. The number of carbonyl (C=O) groups is 2. The zero-order valence-corrected chi connectivity index (χ0v) is 17.4. The number of hydrogen-bond donors (Lipinski definition) is 2. The van der Waals surface area contributed by atoms with E-state index in [0.29, 0.717) is 16.4 Å². The molecule has 1 heterocycles. The van der Waals surface area contributed by atoms with Crippen LogP contribution in [0.2, 0.25) is 0 Å². The Kier molecular flexibility index (Phi) is 6.18. The topological polar surface area (TPSA) is 107 Å². The number of halogens is 1. The number of ether oxygens (including phenoxy) is 1. The Hall–Kier alpha value is -4.11. The van der Waals surface area contributed by atoms with Crippen molar-refractivity contribution in [1.29, 1.82) is 0 Å². The molecule has 4 aromatic rings. The van der Waals surface area contributed by atoms with Gasteiger partial charge in [-0.2, -0.15) is 5.10 Å². The summed E-state index contributed by atoms with van der Waals surface area (Å²) in [6, 6.07) is 17.2. The highest BCUT2D eigenvalue weighted by atomic mass is 32.1. The predicted octanol–water partition coefficient (Wildman–Crippen LogP) is 3.93.